The molecule has 2 atom stereocenters. The van der Waals surface area contributed by atoms with E-state index in [0.717, 1.165) is 18.7 Å². The van der Waals surface area contributed by atoms with Crippen molar-refractivity contribution in [3.8, 4) is 0 Å². The molecule has 1 N–H and O–H groups in total. The van der Waals surface area contributed by atoms with Crippen molar-refractivity contribution in [2.45, 2.75) is 11.8 Å². The number of hydrogen-bond acceptors (Lipinski definition) is 3. The molecule has 112 valence electrons. The summed E-state index contributed by atoms with van der Waals surface area (Å²) >= 11 is 6.03. The molecule has 0 aliphatic carbocycles. The number of hydrogen-bond donors (Lipinski definition) is 1. The highest BCUT2D eigenvalue weighted by molar-refractivity contribution is 7.89. The van der Waals surface area contributed by atoms with Crippen molar-refractivity contribution in [3.05, 3.63) is 28.8 Å². The molecule has 2 fully saturated rings. The maximum Gasteiger partial charge on any atom is 0.243 e. The number of fused-ring (bicyclic) bond motifs is 1. The van der Waals surface area contributed by atoms with Gasteiger partial charge in [-0.2, -0.15) is 4.31 Å². The van der Waals surface area contributed by atoms with Crippen LogP contribution in [0.4, 0.5) is 0 Å². The number of nitrogens with zero attached hydrogens (tertiary/aromatic N) is 1. The Hall–Kier alpha value is -0.330. The quantitative estimate of drug-likeness (QED) is 0.897. The molecule has 2 aliphatic rings. The van der Waals surface area contributed by atoms with Crippen LogP contribution in [-0.2, 0) is 10.0 Å². The van der Waals surface area contributed by atoms with Crippen LogP contribution in [0.2, 0.25) is 5.02 Å². The van der Waals surface area contributed by atoms with E-state index in [1.165, 1.54) is 0 Å². The highest BCUT2D eigenvalue weighted by Gasteiger charge is 2.41. The molecule has 0 spiro atoms. The zero-order valence-corrected chi connectivity index (χ0v) is 13.6. The fraction of sp³-hybridized carbons (Fsp3) is 0.538. The molecule has 1 aromatic rings. The van der Waals surface area contributed by atoms with Gasteiger partial charge in [0.05, 0.1) is 4.90 Å². The Morgan fingerprint density at radius 2 is 1.85 bits per heavy atom. The van der Waals surface area contributed by atoms with Crippen LogP contribution in [0.3, 0.4) is 0 Å². The van der Waals surface area contributed by atoms with Crippen molar-refractivity contribution < 1.29 is 8.42 Å². The molecule has 0 saturated carbocycles. The van der Waals surface area contributed by atoms with Gasteiger partial charge >= 0.3 is 0 Å². The maximum absolute atomic E-state index is 12.6. The summed E-state index contributed by atoms with van der Waals surface area (Å²) < 4.78 is 26.8. The average molecular weight is 337 g/mol. The summed E-state index contributed by atoms with van der Waals surface area (Å²) in [6.45, 7) is 4.94. The lowest BCUT2D eigenvalue weighted by molar-refractivity contribution is 0.448. The lowest BCUT2D eigenvalue weighted by Gasteiger charge is -2.17. The van der Waals surface area contributed by atoms with Gasteiger partial charge in [0.15, 0.2) is 0 Å². The molecule has 7 heteroatoms. The highest BCUT2D eigenvalue weighted by Crippen LogP contribution is 2.31. The summed E-state index contributed by atoms with van der Waals surface area (Å²) in [5, 5.41) is 3.81. The lowest BCUT2D eigenvalue weighted by Crippen LogP contribution is -2.31. The van der Waals surface area contributed by atoms with Crippen LogP contribution in [0.5, 0.6) is 0 Å². The Labute approximate surface area is 131 Å². The molecule has 2 saturated heterocycles. The van der Waals surface area contributed by atoms with Crippen molar-refractivity contribution in [3.63, 3.8) is 0 Å². The van der Waals surface area contributed by atoms with Gasteiger partial charge in [0.25, 0.3) is 0 Å². The summed E-state index contributed by atoms with van der Waals surface area (Å²) in [7, 11) is -3.40. The van der Waals surface area contributed by atoms with E-state index >= 15 is 0 Å². The van der Waals surface area contributed by atoms with Crippen molar-refractivity contribution >= 4 is 34.0 Å². The third-order valence-electron chi connectivity index (χ3n) is 4.14. The van der Waals surface area contributed by atoms with Crippen LogP contribution in [0.15, 0.2) is 23.1 Å². The van der Waals surface area contributed by atoms with Crippen LogP contribution in [-0.4, -0.2) is 38.9 Å². The molecule has 2 aliphatic heterocycles. The fourth-order valence-corrected chi connectivity index (χ4v) is 4.72. The van der Waals surface area contributed by atoms with E-state index in [1.807, 2.05) is 6.92 Å². The minimum atomic E-state index is -3.40. The first kappa shape index (κ1) is 16.0. The van der Waals surface area contributed by atoms with Crippen LogP contribution < -0.4 is 5.32 Å². The average Bonchev–Trinajstić information content (AvgIpc) is 2.93. The summed E-state index contributed by atoms with van der Waals surface area (Å²) in [5.41, 5.74) is 0.892. The van der Waals surface area contributed by atoms with E-state index in [4.69, 9.17) is 11.6 Å². The zero-order valence-electron chi connectivity index (χ0n) is 11.2. The predicted molar refractivity (Wildman–Crippen MR) is 82.0 cm³/mol. The van der Waals surface area contributed by atoms with Gasteiger partial charge in [-0.1, -0.05) is 17.7 Å². The molecule has 0 amide bonds. The SMILES string of the molecule is Cc1ccc(S(=O)(=O)N2C[C@H]3CNC[C@H]3C2)cc1Cl.Cl. The number of rotatable bonds is 2. The molecular weight excluding hydrogens is 319 g/mol. The van der Waals surface area contributed by atoms with Gasteiger partial charge < -0.3 is 5.32 Å². The zero-order chi connectivity index (χ0) is 13.6. The van der Waals surface area contributed by atoms with E-state index in [0.29, 0.717) is 34.8 Å². The summed E-state index contributed by atoms with van der Waals surface area (Å²) in [6, 6.07) is 4.95. The largest absolute Gasteiger partial charge is 0.316 e. The number of aryl methyl sites for hydroxylation is 1. The molecule has 1 aromatic carbocycles. The van der Waals surface area contributed by atoms with Gasteiger partial charge in [0.1, 0.15) is 0 Å². The fourth-order valence-electron chi connectivity index (χ4n) is 2.89. The molecule has 0 unspecified atom stereocenters. The van der Waals surface area contributed by atoms with E-state index in [9.17, 15) is 8.42 Å². The second-order valence-electron chi connectivity index (χ2n) is 5.41. The molecule has 20 heavy (non-hydrogen) atoms. The Kier molecular flexibility index (Phi) is 4.66. The molecule has 4 nitrogen and oxygen atoms in total. The second-order valence-corrected chi connectivity index (χ2v) is 7.76. The number of halogens is 2. The van der Waals surface area contributed by atoms with Crippen molar-refractivity contribution in [2.24, 2.45) is 11.8 Å². The molecule has 0 bridgehead atoms. The number of benzene rings is 1. The third-order valence-corrected chi connectivity index (χ3v) is 6.37. The lowest BCUT2D eigenvalue weighted by atomic mass is 10.0. The summed E-state index contributed by atoms with van der Waals surface area (Å²) in [5.74, 6) is 0.909. The topological polar surface area (TPSA) is 49.4 Å². The first-order valence-electron chi connectivity index (χ1n) is 6.45. The van der Waals surface area contributed by atoms with Crippen LogP contribution in [0, 0.1) is 18.8 Å². The maximum atomic E-state index is 12.6. The van der Waals surface area contributed by atoms with E-state index in [-0.39, 0.29) is 12.4 Å². The van der Waals surface area contributed by atoms with Gasteiger partial charge in [0, 0.05) is 18.1 Å². The Bertz CT molecular complexity index is 594. The summed E-state index contributed by atoms with van der Waals surface area (Å²) in [6.07, 6.45) is 0. The van der Waals surface area contributed by atoms with E-state index in [2.05, 4.69) is 5.32 Å². The van der Waals surface area contributed by atoms with Crippen molar-refractivity contribution in [1.82, 2.24) is 9.62 Å². The van der Waals surface area contributed by atoms with Crippen LogP contribution in [0.1, 0.15) is 5.56 Å². The Morgan fingerprint density at radius 3 is 2.40 bits per heavy atom. The first-order chi connectivity index (χ1) is 8.98. The minimum absolute atomic E-state index is 0. The normalized spacial score (nSPS) is 26.3. The van der Waals surface area contributed by atoms with Crippen molar-refractivity contribution in [2.75, 3.05) is 26.2 Å². The monoisotopic (exact) mass is 336 g/mol. The van der Waals surface area contributed by atoms with Gasteiger partial charge in [-0.25, -0.2) is 8.42 Å². The standard InChI is InChI=1S/C13H17ClN2O2S.ClH/c1-9-2-3-12(4-13(9)14)19(17,18)16-7-10-5-15-6-11(10)8-16;/h2-4,10-11,15H,5-8H2,1H3;1H/t10-,11+;. The highest BCUT2D eigenvalue weighted by atomic mass is 35.5. The van der Waals surface area contributed by atoms with Crippen LogP contribution in [0.25, 0.3) is 0 Å². The smallest absolute Gasteiger partial charge is 0.243 e. The molecule has 2 heterocycles. The number of sulfonamides is 1. The van der Waals surface area contributed by atoms with E-state index < -0.39 is 10.0 Å². The second kappa shape index (κ2) is 5.81. The number of nitrogens with one attached hydrogen (secondary N) is 1. The third kappa shape index (κ3) is 2.70. The molecular formula is C13H18Cl2N2O2S. The van der Waals surface area contributed by atoms with Gasteiger partial charge in [-0.05, 0) is 49.5 Å². The van der Waals surface area contributed by atoms with Gasteiger partial charge in [-0.3, -0.25) is 0 Å². The van der Waals surface area contributed by atoms with Gasteiger partial charge in [-0.15, -0.1) is 12.4 Å². The Morgan fingerprint density at radius 1 is 1.25 bits per heavy atom. The van der Waals surface area contributed by atoms with Crippen LogP contribution >= 0.6 is 24.0 Å². The Balaban J connectivity index is 0.00000147. The molecule has 3 rings (SSSR count). The molecule has 0 radical (unpaired) electrons. The van der Waals surface area contributed by atoms with Crippen molar-refractivity contribution in [1.29, 1.82) is 0 Å². The molecule has 0 aromatic heterocycles. The van der Waals surface area contributed by atoms with E-state index in [1.54, 1.807) is 22.5 Å². The van der Waals surface area contributed by atoms with Gasteiger partial charge in [0.2, 0.25) is 10.0 Å². The predicted octanol–water partition coefficient (Wildman–Crippen LogP) is 1.91. The summed E-state index contributed by atoms with van der Waals surface area (Å²) in [4.78, 5) is 0.302. The first-order valence-corrected chi connectivity index (χ1v) is 8.27. The minimum Gasteiger partial charge on any atom is -0.316 e.